The van der Waals surface area contributed by atoms with E-state index in [1.807, 2.05) is 66.7 Å². The average molecular weight is 582 g/mol. The fraction of sp³-hybridized carbons (Fsp3) is 0. The van der Waals surface area contributed by atoms with Crippen molar-refractivity contribution in [3.05, 3.63) is 164 Å². The van der Waals surface area contributed by atoms with Crippen LogP contribution in [0.3, 0.4) is 0 Å². The lowest BCUT2D eigenvalue weighted by molar-refractivity contribution is 1.15. The van der Waals surface area contributed by atoms with Gasteiger partial charge in [0, 0.05) is 43.7 Å². The van der Waals surface area contributed by atoms with E-state index < -0.39 is 24.2 Å². The van der Waals surface area contributed by atoms with Gasteiger partial charge in [0.2, 0.25) is 0 Å². The van der Waals surface area contributed by atoms with Gasteiger partial charge >= 0.3 is 0 Å². The molecule has 0 unspecified atom stereocenters. The second-order valence-electron chi connectivity index (χ2n) is 11.2. The fourth-order valence-corrected chi connectivity index (χ4v) is 7.08. The highest BCUT2D eigenvalue weighted by Gasteiger charge is 2.20. The Hall–Kier alpha value is -6.06. The van der Waals surface area contributed by atoms with Crippen LogP contribution >= 0.6 is 0 Å². The van der Waals surface area contributed by atoms with Crippen LogP contribution in [-0.2, 0) is 0 Å². The lowest BCUT2D eigenvalue weighted by atomic mass is 10.1. The standard InChI is InChI=1S/C42H27N3/c1-2-13-28(14-3-1)43-35-19-8-4-17-32(35)33-26-25-29(27-41(33)43)44-38-22-11-7-18-34(38)42-39(44)23-12-24-40(42)45-36-20-9-5-15-30(36)31-16-6-10-21-37(31)45/h1-27H/i5D,6D,9D,10D,15D,16D,20D,21D. The van der Waals surface area contributed by atoms with Crippen molar-refractivity contribution in [2.75, 3.05) is 0 Å². The first-order valence-corrected chi connectivity index (χ1v) is 14.8. The third kappa shape index (κ3) is 3.35. The van der Waals surface area contributed by atoms with Crippen LogP contribution in [0.2, 0.25) is 0 Å². The average Bonchev–Trinajstić information content (AvgIpc) is 3.84. The van der Waals surface area contributed by atoms with E-state index in [1.165, 1.54) is 0 Å². The number of fused-ring (bicyclic) bond motifs is 9. The molecule has 0 amide bonds. The van der Waals surface area contributed by atoms with E-state index in [0.717, 1.165) is 55.0 Å². The second kappa shape index (κ2) is 9.22. The minimum atomic E-state index is -0.466. The maximum atomic E-state index is 9.09. The minimum Gasteiger partial charge on any atom is -0.309 e. The molecule has 0 saturated carbocycles. The molecule has 0 fully saturated rings. The van der Waals surface area contributed by atoms with E-state index in [1.54, 1.807) is 4.57 Å². The van der Waals surface area contributed by atoms with Gasteiger partial charge in [0.1, 0.15) is 0 Å². The summed E-state index contributed by atoms with van der Waals surface area (Å²) < 4.78 is 76.2. The van der Waals surface area contributed by atoms with Crippen LogP contribution in [0.4, 0.5) is 0 Å². The van der Waals surface area contributed by atoms with Gasteiger partial charge in [-0.15, -0.1) is 0 Å². The number of hydrogen-bond acceptors (Lipinski definition) is 0. The summed E-state index contributed by atoms with van der Waals surface area (Å²) in [6.07, 6.45) is 0. The first-order chi connectivity index (χ1) is 25.7. The lowest BCUT2D eigenvalue weighted by Crippen LogP contribution is -1.98. The van der Waals surface area contributed by atoms with E-state index in [-0.39, 0.29) is 46.0 Å². The summed E-state index contributed by atoms with van der Waals surface area (Å²) in [5.74, 6) is 0. The van der Waals surface area contributed by atoms with Gasteiger partial charge in [0.15, 0.2) is 0 Å². The van der Waals surface area contributed by atoms with Crippen LogP contribution in [0, 0.1) is 0 Å². The van der Waals surface area contributed by atoms with E-state index in [0.29, 0.717) is 5.69 Å². The first-order valence-electron chi connectivity index (χ1n) is 18.8. The predicted octanol–water partition coefficient (Wildman–Crippen LogP) is 11.0. The molecule has 3 heterocycles. The third-order valence-corrected chi connectivity index (χ3v) is 8.88. The molecular formula is C42H27N3. The van der Waals surface area contributed by atoms with Gasteiger partial charge in [0.05, 0.1) is 49.8 Å². The number of aromatic nitrogens is 3. The van der Waals surface area contributed by atoms with Gasteiger partial charge < -0.3 is 13.7 Å². The van der Waals surface area contributed by atoms with Crippen LogP contribution in [0.25, 0.3) is 82.5 Å². The normalized spacial score (nSPS) is 14.5. The molecule has 0 N–H and O–H groups in total. The van der Waals surface area contributed by atoms with Crippen molar-refractivity contribution in [1.82, 2.24) is 13.7 Å². The molecule has 10 rings (SSSR count). The summed E-state index contributed by atoms with van der Waals surface area (Å²) in [7, 11) is 0. The van der Waals surface area contributed by atoms with Crippen LogP contribution in [-0.4, -0.2) is 13.7 Å². The fourth-order valence-electron chi connectivity index (χ4n) is 7.08. The van der Waals surface area contributed by atoms with Crippen LogP contribution < -0.4 is 0 Å². The van der Waals surface area contributed by atoms with Crippen molar-refractivity contribution in [3.8, 4) is 17.1 Å². The zero-order chi connectivity index (χ0) is 36.4. The van der Waals surface area contributed by atoms with Crippen molar-refractivity contribution in [3.63, 3.8) is 0 Å². The van der Waals surface area contributed by atoms with E-state index >= 15 is 0 Å². The second-order valence-corrected chi connectivity index (χ2v) is 11.2. The number of hydrogen-bond donors (Lipinski definition) is 0. The first kappa shape index (κ1) is 17.9. The number of para-hydroxylation sites is 5. The molecule has 0 radical (unpaired) electrons. The molecule has 0 aliphatic carbocycles. The predicted molar refractivity (Wildman–Crippen MR) is 189 cm³/mol. The maximum absolute atomic E-state index is 9.09. The number of rotatable bonds is 3. The molecular weight excluding hydrogens is 546 g/mol. The van der Waals surface area contributed by atoms with Crippen LogP contribution in [0.5, 0.6) is 0 Å². The summed E-state index contributed by atoms with van der Waals surface area (Å²) >= 11 is 0. The van der Waals surface area contributed by atoms with Crippen molar-refractivity contribution in [2.45, 2.75) is 0 Å². The summed E-state index contributed by atoms with van der Waals surface area (Å²) in [6.45, 7) is 0. The van der Waals surface area contributed by atoms with Gasteiger partial charge in [-0.25, -0.2) is 0 Å². The largest absolute Gasteiger partial charge is 0.309 e. The molecule has 3 heteroatoms. The highest BCUT2D eigenvalue weighted by Crippen LogP contribution is 2.41. The van der Waals surface area contributed by atoms with E-state index in [9.17, 15) is 0 Å². The monoisotopic (exact) mass is 581 g/mol. The molecule has 0 aliphatic heterocycles. The number of benzene rings is 7. The maximum Gasteiger partial charge on any atom is 0.0645 e. The van der Waals surface area contributed by atoms with Gasteiger partial charge in [-0.3, -0.25) is 0 Å². The Labute approximate surface area is 270 Å². The zero-order valence-corrected chi connectivity index (χ0v) is 23.8. The smallest absolute Gasteiger partial charge is 0.0645 e. The number of nitrogens with zero attached hydrogens (tertiary/aromatic N) is 3. The molecule has 45 heavy (non-hydrogen) atoms. The Morgan fingerprint density at radius 1 is 0.356 bits per heavy atom. The van der Waals surface area contributed by atoms with Crippen molar-refractivity contribution in [2.24, 2.45) is 0 Å². The molecule has 10 aromatic rings. The van der Waals surface area contributed by atoms with Crippen LogP contribution in [0.1, 0.15) is 11.0 Å². The van der Waals surface area contributed by atoms with Gasteiger partial charge in [0.25, 0.3) is 0 Å². The lowest BCUT2D eigenvalue weighted by Gasteiger charge is -2.12. The third-order valence-electron chi connectivity index (χ3n) is 8.88. The summed E-state index contributed by atoms with van der Waals surface area (Å²) in [5.41, 5.74) is 6.53. The van der Waals surface area contributed by atoms with E-state index in [4.69, 9.17) is 11.0 Å². The molecule has 0 spiro atoms. The zero-order valence-electron chi connectivity index (χ0n) is 31.8. The summed E-state index contributed by atoms with van der Waals surface area (Å²) in [5, 5.41) is 4.01. The van der Waals surface area contributed by atoms with E-state index in [2.05, 4.69) is 57.7 Å². The molecule has 210 valence electrons. The highest BCUT2D eigenvalue weighted by molar-refractivity contribution is 6.17. The Morgan fingerprint density at radius 3 is 1.69 bits per heavy atom. The quantitative estimate of drug-likeness (QED) is 0.197. The SMILES string of the molecule is [2H]c1c([2H])c([2H])c2c(c1[2H])c1c([2H])c([2H])c([2H])c([2H])c1n2-c1cccc2c1c1ccccc1n2-c1ccc2c3ccccc3n(-c3ccccc3)c2c1. The molecule has 0 saturated heterocycles. The molecule has 0 aliphatic rings. The van der Waals surface area contributed by atoms with Gasteiger partial charge in [-0.2, -0.15) is 0 Å². The molecule has 0 bridgehead atoms. The van der Waals surface area contributed by atoms with Crippen molar-refractivity contribution < 1.29 is 11.0 Å². The summed E-state index contributed by atoms with van der Waals surface area (Å²) in [6, 6.07) is 35.6. The van der Waals surface area contributed by atoms with Gasteiger partial charge in [-0.05, 0) is 60.6 Å². The van der Waals surface area contributed by atoms with Crippen molar-refractivity contribution in [1.29, 1.82) is 0 Å². The molecule has 7 aromatic carbocycles. The Bertz CT molecular complexity index is 3130. The minimum absolute atomic E-state index is 0.0536. The highest BCUT2D eigenvalue weighted by atomic mass is 15.0. The molecule has 0 atom stereocenters. The Balaban J connectivity index is 1.36. The molecule has 3 nitrogen and oxygen atoms in total. The Kier molecular flexibility index (Phi) is 3.67. The molecule has 3 aromatic heterocycles. The summed E-state index contributed by atoms with van der Waals surface area (Å²) in [4.78, 5) is 0. The topological polar surface area (TPSA) is 14.8 Å². The van der Waals surface area contributed by atoms with Crippen molar-refractivity contribution >= 4 is 65.4 Å². The van der Waals surface area contributed by atoms with Crippen LogP contribution in [0.15, 0.2) is 164 Å². The Morgan fingerprint density at radius 2 is 0.933 bits per heavy atom. The van der Waals surface area contributed by atoms with Gasteiger partial charge in [-0.1, -0.05) is 103 Å².